The molecule has 0 bridgehead atoms. The smallest absolute Gasteiger partial charge is 0.321 e. The first-order valence-electron chi connectivity index (χ1n) is 5.35. The average molecular weight is 282 g/mol. The summed E-state index contributed by atoms with van der Waals surface area (Å²) in [6, 6.07) is -1.45. The molecule has 1 unspecified atom stereocenters. The molecule has 0 aliphatic carbocycles. The summed E-state index contributed by atoms with van der Waals surface area (Å²) in [6.45, 7) is 3.75. The van der Waals surface area contributed by atoms with Gasteiger partial charge in [0.05, 0.1) is 0 Å². The van der Waals surface area contributed by atoms with Gasteiger partial charge < -0.3 is 10.2 Å². The molecule has 0 heterocycles. The molecule has 0 spiro atoms. The van der Waals surface area contributed by atoms with Gasteiger partial charge >= 0.3 is 11.9 Å². The van der Waals surface area contributed by atoms with Gasteiger partial charge in [-0.2, -0.15) is 13.1 Å². The molecule has 4 N–H and O–H groups in total. The Kier molecular flexibility index (Phi) is 6.81. The van der Waals surface area contributed by atoms with Crippen molar-refractivity contribution >= 4 is 22.1 Å². The number of carbonyl (C=O) groups is 2. The lowest BCUT2D eigenvalue weighted by Crippen LogP contribution is -2.47. The lowest BCUT2D eigenvalue weighted by atomic mass is 10.2. The van der Waals surface area contributed by atoms with Crippen molar-refractivity contribution < 1.29 is 28.2 Å². The Bertz CT molecular complexity index is 392. The highest BCUT2D eigenvalue weighted by Crippen LogP contribution is 2.00. The molecule has 0 fully saturated rings. The first-order chi connectivity index (χ1) is 8.14. The van der Waals surface area contributed by atoms with Crippen LogP contribution in [0.2, 0.25) is 0 Å². The summed E-state index contributed by atoms with van der Waals surface area (Å²) in [6.07, 6.45) is -0.739. The third-order valence-corrected chi connectivity index (χ3v) is 3.07. The molecule has 106 valence electrons. The van der Waals surface area contributed by atoms with Gasteiger partial charge in [-0.15, -0.1) is 0 Å². The fourth-order valence-corrected chi connectivity index (χ4v) is 2.24. The number of hydrogen-bond acceptors (Lipinski definition) is 4. The molecule has 0 aliphatic heterocycles. The Labute approximate surface area is 106 Å². The zero-order valence-corrected chi connectivity index (χ0v) is 11.0. The van der Waals surface area contributed by atoms with Crippen LogP contribution in [0, 0.1) is 5.92 Å². The van der Waals surface area contributed by atoms with Crippen molar-refractivity contribution in [3.8, 4) is 0 Å². The number of carboxylic acids is 2. The molecule has 0 radical (unpaired) electrons. The largest absolute Gasteiger partial charge is 0.481 e. The minimum Gasteiger partial charge on any atom is -0.481 e. The normalized spacial score (nSPS) is 13.5. The predicted molar refractivity (Wildman–Crippen MR) is 63.2 cm³/mol. The van der Waals surface area contributed by atoms with E-state index in [2.05, 4.69) is 4.72 Å². The highest BCUT2D eigenvalue weighted by atomic mass is 32.2. The van der Waals surface area contributed by atoms with Crippen LogP contribution in [0.15, 0.2) is 0 Å². The van der Waals surface area contributed by atoms with E-state index in [-0.39, 0.29) is 18.9 Å². The second-order valence-electron chi connectivity index (χ2n) is 4.19. The number of rotatable bonds is 9. The first-order valence-corrected chi connectivity index (χ1v) is 6.84. The van der Waals surface area contributed by atoms with Crippen LogP contribution in [-0.2, 0) is 19.8 Å². The van der Waals surface area contributed by atoms with Crippen LogP contribution < -0.4 is 9.44 Å². The van der Waals surface area contributed by atoms with E-state index in [0.717, 1.165) is 0 Å². The first kappa shape index (κ1) is 16.8. The van der Waals surface area contributed by atoms with Crippen LogP contribution in [0.4, 0.5) is 0 Å². The monoisotopic (exact) mass is 282 g/mol. The van der Waals surface area contributed by atoms with E-state index in [1.807, 2.05) is 4.72 Å². The summed E-state index contributed by atoms with van der Waals surface area (Å²) in [5, 5.41) is 17.2. The van der Waals surface area contributed by atoms with Crippen molar-refractivity contribution in [3.05, 3.63) is 0 Å². The van der Waals surface area contributed by atoms with Crippen LogP contribution in [0.1, 0.15) is 26.7 Å². The van der Waals surface area contributed by atoms with Gasteiger partial charge in [-0.25, -0.2) is 4.72 Å². The average Bonchev–Trinajstić information content (AvgIpc) is 2.21. The Hall–Kier alpha value is -1.19. The van der Waals surface area contributed by atoms with Gasteiger partial charge in [-0.05, 0) is 12.3 Å². The van der Waals surface area contributed by atoms with E-state index in [4.69, 9.17) is 10.2 Å². The van der Waals surface area contributed by atoms with E-state index < -0.39 is 34.6 Å². The van der Waals surface area contributed by atoms with E-state index in [0.29, 0.717) is 0 Å². The molecule has 0 aromatic heterocycles. The summed E-state index contributed by atoms with van der Waals surface area (Å²) < 4.78 is 27.0. The number of carboxylic acid groups (broad SMARTS) is 2. The van der Waals surface area contributed by atoms with Gasteiger partial charge in [0.15, 0.2) is 0 Å². The molecule has 18 heavy (non-hydrogen) atoms. The van der Waals surface area contributed by atoms with Gasteiger partial charge in [-0.3, -0.25) is 9.59 Å². The topological polar surface area (TPSA) is 133 Å². The second kappa shape index (κ2) is 7.29. The molecule has 0 saturated heterocycles. The molecule has 0 saturated carbocycles. The van der Waals surface area contributed by atoms with Gasteiger partial charge in [-0.1, -0.05) is 13.8 Å². The highest BCUT2D eigenvalue weighted by Gasteiger charge is 2.24. The zero-order chi connectivity index (χ0) is 14.3. The van der Waals surface area contributed by atoms with E-state index in [1.54, 1.807) is 13.8 Å². The summed E-state index contributed by atoms with van der Waals surface area (Å²) in [5.41, 5.74) is 0. The van der Waals surface area contributed by atoms with E-state index >= 15 is 0 Å². The van der Waals surface area contributed by atoms with Gasteiger partial charge in [0.2, 0.25) is 0 Å². The van der Waals surface area contributed by atoms with Crippen LogP contribution in [0.25, 0.3) is 0 Å². The van der Waals surface area contributed by atoms with Crippen LogP contribution in [0.3, 0.4) is 0 Å². The highest BCUT2D eigenvalue weighted by molar-refractivity contribution is 7.87. The van der Waals surface area contributed by atoms with Crippen molar-refractivity contribution in [1.29, 1.82) is 0 Å². The molecule has 0 rings (SSSR count). The molecule has 0 aromatic carbocycles. The van der Waals surface area contributed by atoms with Crippen molar-refractivity contribution in [2.45, 2.75) is 32.7 Å². The molecular weight excluding hydrogens is 264 g/mol. The fraction of sp³-hybridized carbons (Fsp3) is 0.778. The summed E-state index contributed by atoms with van der Waals surface area (Å²) >= 11 is 0. The number of aliphatic carboxylic acids is 2. The third kappa shape index (κ3) is 7.98. The van der Waals surface area contributed by atoms with Gasteiger partial charge in [0, 0.05) is 13.0 Å². The van der Waals surface area contributed by atoms with Crippen molar-refractivity contribution in [1.82, 2.24) is 9.44 Å². The minimum atomic E-state index is -3.94. The fourth-order valence-electron chi connectivity index (χ4n) is 1.01. The second-order valence-corrected chi connectivity index (χ2v) is 5.72. The standard InChI is InChI=1S/C9H18N2O6S/c1-6(2)5-10-18(16,17)11-7(9(14)15)3-4-8(12)13/h6-7,10-11H,3-5H2,1-2H3,(H,12,13)(H,14,15). The van der Waals surface area contributed by atoms with Crippen molar-refractivity contribution in [2.24, 2.45) is 5.92 Å². The lowest BCUT2D eigenvalue weighted by molar-refractivity contribution is -0.140. The maximum Gasteiger partial charge on any atom is 0.321 e. The Balaban J connectivity index is 4.47. The Morgan fingerprint density at radius 1 is 1.22 bits per heavy atom. The summed E-state index contributed by atoms with van der Waals surface area (Å²) in [5.74, 6) is -2.52. The molecule has 0 aliphatic rings. The Morgan fingerprint density at radius 2 is 1.78 bits per heavy atom. The summed E-state index contributed by atoms with van der Waals surface area (Å²) in [4.78, 5) is 21.1. The van der Waals surface area contributed by atoms with Gasteiger partial charge in [0.1, 0.15) is 6.04 Å². The quantitative estimate of drug-likeness (QED) is 0.445. The molecule has 0 aromatic rings. The SMILES string of the molecule is CC(C)CNS(=O)(=O)NC(CCC(=O)O)C(=O)O. The Morgan fingerprint density at radius 3 is 2.17 bits per heavy atom. The molecule has 9 heteroatoms. The number of nitrogens with one attached hydrogen (secondary N) is 2. The van der Waals surface area contributed by atoms with Crippen molar-refractivity contribution in [2.75, 3.05) is 6.54 Å². The minimum absolute atomic E-state index is 0.0730. The lowest BCUT2D eigenvalue weighted by Gasteiger charge is -2.15. The molecule has 8 nitrogen and oxygen atoms in total. The van der Waals surface area contributed by atoms with E-state index in [1.165, 1.54) is 0 Å². The maximum atomic E-state index is 11.5. The van der Waals surface area contributed by atoms with E-state index in [9.17, 15) is 18.0 Å². The van der Waals surface area contributed by atoms with Crippen LogP contribution in [-0.4, -0.2) is 43.2 Å². The molecular formula is C9H18N2O6S. The zero-order valence-electron chi connectivity index (χ0n) is 10.2. The van der Waals surface area contributed by atoms with Crippen LogP contribution >= 0.6 is 0 Å². The maximum absolute atomic E-state index is 11.5. The third-order valence-electron chi connectivity index (χ3n) is 1.92. The van der Waals surface area contributed by atoms with Crippen LogP contribution in [0.5, 0.6) is 0 Å². The molecule has 1 atom stereocenters. The summed E-state index contributed by atoms with van der Waals surface area (Å²) in [7, 11) is -3.94. The predicted octanol–water partition coefficient (Wildman–Crippen LogP) is -0.616. The van der Waals surface area contributed by atoms with Gasteiger partial charge in [0.25, 0.3) is 10.2 Å². The number of hydrogen-bond donors (Lipinski definition) is 4. The van der Waals surface area contributed by atoms with Crippen molar-refractivity contribution in [3.63, 3.8) is 0 Å². The molecule has 0 amide bonds.